The number of carbonyl (C=O) groups excluding carboxylic acids is 2. The molecule has 15 heteroatoms. The molecule has 0 aliphatic rings. The summed E-state index contributed by atoms with van der Waals surface area (Å²) in [6.45, 7) is 3.84. The molecule has 0 aliphatic heterocycles. The molecular formula is C55H102N2O11PS+. The van der Waals surface area contributed by atoms with Crippen LogP contribution >= 0.6 is 19.6 Å². The lowest BCUT2D eigenvalue weighted by Crippen LogP contribution is -2.40. The number of ether oxygens (including phenoxy) is 2. The van der Waals surface area contributed by atoms with Gasteiger partial charge in [0.1, 0.15) is 25.8 Å². The normalized spacial score (nSPS) is 15.0. The summed E-state index contributed by atoms with van der Waals surface area (Å²) in [5.41, 5.74) is 6.27. The molecule has 0 amide bonds. The van der Waals surface area contributed by atoms with E-state index in [9.17, 15) is 28.9 Å². The lowest BCUT2D eigenvalue weighted by molar-refractivity contribution is -0.870. The highest BCUT2D eigenvalue weighted by molar-refractivity contribution is 8.00. The number of carbonyl (C=O) groups is 3. The van der Waals surface area contributed by atoms with Crippen LogP contribution in [-0.4, -0.2) is 114 Å². The molecule has 1 unspecified atom stereocenters. The number of likely N-dealkylation sites (N-methyl/N-ethyl adjacent to an activating group) is 1. The van der Waals surface area contributed by atoms with Crippen molar-refractivity contribution in [3.8, 4) is 0 Å². The summed E-state index contributed by atoms with van der Waals surface area (Å²) in [5.74, 6) is -2.26. The number of aliphatic carboxylic acids is 1. The number of aliphatic hydroxyl groups is 1. The van der Waals surface area contributed by atoms with Gasteiger partial charge in [-0.05, 0) is 38.5 Å². The number of rotatable bonds is 50. The Kier molecular flexibility index (Phi) is 45.0. The second kappa shape index (κ2) is 46.5. The quantitative estimate of drug-likeness (QED) is 0.0112. The number of esters is 2. The van der Waals surface area contributed by atoms with Crippen LogP contribution in [0.25, 0.3) is 0 Å². The van der Waals surface area contributed by atoms with Gasteiger partial charge in [-0.15, -0.1) is 11.8 Å². The van der Waals surface area contributed by atoms with Crippen molar-refractivity contribution in [2.75, 3.05) is 53.3 Å². The average Bonchev–Trinajstić information content (AvgIpc) is 3.30. The highest BCUT2D eigenvalue weighted by atomic mass is 32.2. The molecule has 0 heterocycles. The standard InChI is InChI=1S/C55H101N2O11PS/c1-6-8-10-12-14-16-18-20-21-22-23-24-25-26-27-28-30-32-34-36-38-43-54(61)65-46-49(47-67-69(63,64)66-45-44-57(3,4)5)68-55(62)50(56)48-70-52(51(58)40-39-42-53(59)60)41-37-35-33-31-29-19-17-15-13-11-9-7-2/h15,17,29,31,33,35,37,41,49-52,58H,6-14,16,18-28,30,32,34,36,38-40,42-48,56H2,1-5H3,(H-,59,60,63,64)/p+1/b17-15-,31-29-,35-33+,41-37+/t49-,50+,51+,52-/m1/s1. The molecule has 0 radical (unpaired) electrons. The van der Waals surface area contributed by atoms with Crippen molar-refractivity contribution in [2.45, 2.75) is 230 Å². The molecule has 70 heavy (non-hydrogen) atoms. The second-order valence-electron chi connectivity index (χ2n) is 19.8. The van der Waals surface area contributed by atoms with E-state index in [2.05, 4.69) is 26.0 Å². The van der Waals surface area contributed by atoms with Gasteiger partial charge in [-0.25, -0.2) is 4.57 Å². The number of unbranched alkanes of at least 4 members (excludes halogenated alkanes) is 23. The first kappa shape index (κ1) is 67.7. The smallest absolute Gasteiger partial charge is 0.472 e. The van der Waals surface area contributed by atoms with E-state index in [4.69, 9.17) is 29.4 Å². The minimum atomic E-state index is -4.54. The van der Waals surface area contributed by atoms with Gasteiger partial charge >= 0.3 is 25.7 Å². The zero-order valence-electron chi connectivity index (χ0n) is 44.7. The number of allylic oxidation sites excluding steroid dienone is 7. The van der Waals surface area contributed by atoms with E-state index < -0.39 is 62.4 Å². The lowest BCUT2D eigenvalue weighted by Gasteiger charge is -2.25. The predicted molar refractivity (Wildman–Crippen MR) is 290 cm³/mol. The third-order valence-corrected chi connectivity index (χ3v) is 14.3. The van der Waals surface area contributed by atoms with Crippen LogP contribution in [0.1, 0.15) is 206 Å². The molecule has 5 atom stereocenters. The average molecular weight is 1030 g/mol. The van der Waals surface area contributed by atoms with Crippen molar-refractivity contribution in [1.29, 1.82) is 0 Å². The van der Waals surface area contributed by atoms with Gasteiger partial charge in [0, 0.05) is 23.8 Å². The third-order valence-electron chi connectivity index (χ3n) is 11.9. The Morgan fingerprint density at radius 1 is 0.657 bits per heavy atom. The summed E-state index contributed by atoms with van der Waals surface area (Å²) in [5, 5.41) is 19.6. The van der Waals surface area contributed by atoms with E-state index in [0.717, 1.165) is 32.1 Å². The maximum atomic E-state index is 13.3. The number of phosphoric acid groups is 1. The number of carboxylic acid groups (broad SMARTS) is 1. The molecule has 0 spiro atoms. The van der Waals surface area contributed by atoms with Crippen LogP contribution in [0, 0.1) is 0 Å². The summed E-state index contributed by atoms with van der Waals surface area (Å²) >= 11 is 1.21. The van der Waals surface area contributed by atoms with E-state index in [-0.39, 0.29) is 38.0 Å². The molecule has 0 saturated heterocycles. The highest BCUT2D eigenvalue weighted by Gasteiger charge is 2.29. The first-order valence-electron chi connectivity index (χ1n) is 27.3. The molecule has 13 nitrogen and oxygen atoms in total. The van der Waals surface area contributed by atoms with Crippen molar-refractivity contribution >= 4 is 37.5 Å². The fourth-order valence-electron chi connectivity index (χ4n) is 7.44. The Morgan fingerprint density at radius 2 is 1.19 bits per heavy atom. The van der Waals surface area contributed by atoms with Gasteiger partial charge in [0.2, 0.25) is 0 Å². The Balaban J connectivity index is 4.98. The topological polar surface area (TPSA) is 192 Å². The highest BCUT2D eigenvalue weighted by Crippen LogP contribution is 2.43. The molecule has 0 fully saturated rings. The zero-order valence-corrected chi connectivity index (χ0v) is 46.4. The minimum absolute atomic E-state index is 0.0253. The van der Waals surface area contributed by atoms with Crippen LogP contribution in [0.5, 0.6) is 0 Å². The Bertz CT molecular complexity index is 1450. The monoisotopic (exact) mass is 1030 g/mol. The molecule has 408 valence electrons. The van der Waals surface area contributed by atoms with Gasteiger partial charge in [-0.2, -0.15) is 0 Å². The lowest BCUT2D eigenvalue weighted by atomic mass is 10.0. The third kappa shape index (κ3) is 46.8. The van der Waals surface area contributed by atoms with Crippen molar-refractivity contribution in [3.05, 3.63) is 48.6 Å². The molecule has 0 saturated carbocycles. The van der Waals surface area contributed by atoms with Gasteiger partial charge in [-0.3, -0.25) is 23.4 Å². The number of carboxylic acids is 1. The van der Waals surface area contributed by atoms with Crippen LogP contribution < -0.4 is 5.73 Å². The van der Waals surface area contributed by atoms with Crippen LogP contribution in [0.15, 0.2) is 48.6 Å². The number of phosphoric ester groups is 1. The minimum Gasteiger partial charge on any atom is -0.481 e. The van der Waals surface area contributed by atoms with E-state index in [0.29, 0.717) is 17.4 Å². The van der Waals surface area contributed by atoms with Gasteiger partial charge in [-0.1, -0.05) is 204 Å². The first-order chi connectivity index (χ1) is 33.6. The van der Waals surface area contributed by atoms with Crippen LogP contribution in [0.3, 0.4) is 0 Å². The molecular weight excluding hydrogens is 928 g/mol. The van der Waals surface area contributed by atoms with Crippen LogP contribution in [0.4, 0.5) is 0 Å². The molecule has 0 aromatic carbocycles. The second-order valence-corrected chi connectivity index (χ2v) is 22.5. The van der Waals surface area contributed by atoms with E-state index in [1.807, 2.05) is 45.4 Å². The van der Waals surface area contributed by atoms with Gasteiger partial charge in [0.25, 0.3) is 0 Å². The number of nitrogens with zero attached hydrogens (tertiary/aromatic N) is 1. The molecule has 0 bridgehead atoms. The summed E-state index contributed by atoms with van der Waals surface area (Å²) in [7, 11) is 1.18. The van der Waals surface area contributed by atoms with Crippen molar-refractivity contribution in [2.24, 2.45) is 5.73 Å². The number of thioether (sulfide) groups is 1. The summed E-state index contributed by atoms with van der Waals surface area (Å²) in [4.78, 5) is 47.5. The number of nitrogens with two attached hydrogens (primary N) is 1. The number of hydrogen-bond donors (Lipinski definition) is 4. The maximum Gasteiger partial charge on any atom is 0.472 e. The largest absolute Gasteiger partial charge is 0.481 e. The van der Waals surface area contributed by atoms with Crippen molar-refractivity contribution < 1.29 is 57.1 Å². The Morgan fingerprint density at radius 3 is 1.73 bits per heavy atom. The maximum absolute atomic E-state index is 13.3. The van der Waals surface area contributed by atoms with Gasteiger partial charge in [0.15, 0.2) is 6.10 Å². The fourth-order valence-corrected chi connectivity index (χ4v) is 9.31. The van der Waals surface area contributed by atoms with Crippen molar-refractivity contribution in [3.63, 3.8) is 0 Å². The van der Waals surface area contributed by atoms with E-state index >= 15 is 0 Å². The number of aliphatic hydroxyl groups excluding tert-OH is 1. The number of hydrogen-bond acceptors (Lipinski definition) is 11. The fraction of sp³-hybridized carbons (Fsp3) is 0.800. The SMILES string of the molecule is CCCCC/C=C\C\C=C/C=C/C=C/[C@@H](SC[C@H](N)C(=O)O[C@H](COC(=O)CCCCCCCCCCCCCCCCCCCCCCC)COP(=O)(O)OCC[N+](C)(C)C)[C@@H](O)CCCC(=O)O. The van der Waals surface area contributed by atoms with Crippen molar-refractivity contribution in [1.82, 2.24) is 0 Å². The van der Waals surface area contributed by atoms with Crippen LogP contribution in [-0.2, 0) is 37.5 Å². The van der Waals surface area contributed by atoms with Gasteiger partial charge < -0.3 is 34.8 Å². The molecule has 0 aromatic rings. The molecule has 0 rings (SSSR count). The summed E-state index contributed by atoms with van der Waals surface area (Å²) in [6.07, 6.45) is 46.3. The molecule has 5 N–H and O–H groups in total. The first-order valence-corrected chi connectivity index (χ1v) is 29.8. The Hall–Kier alpha value is -2.29. The summed E-state index contributed by atoms with van der Waals surface area (Å²) < 4.78 is 34.6. The summed E-state index contributed by atoms with van der Waals surface area (Å²) in [6, 6.07) is -1.18. The molecule has 0 aliphatic carbocycles. The van der Waals surface area contributed by atoms with Gasteiger partial charge in [0.05, 0.1) is 33.9 Å². The van der Waals surface area contributed by atoms with E-state index in [1.54, 1.807) is 12.2 Å². The Labute approximate surface area is 430 Å². The predicted octanol–water partition coefficient (Wildman–Crippen LogP) is 13.1. The molecule has 0 aromatic heterocycles. The zero-order chi connectivity index (χ0) is 52.0. The van der Waals surface area contributed by atoms with E-state index in [1.165, 1.54) is 140 Å². The van der Waals surface area contributed by atoms with Crippen LogP contribution in [0.2, 0.25) is 0 Å². The number of quaternary nitrogens is 1.